The zero-order chi connectivity index (χ0) is 21.6. The molecule has 0 fully saturated rings. The van der Waals surface area contributed by atoms with Gasteiger partial charge in [0.05, 0.1) is 11.3 Å². The highest BCUT2D eigenvalue weighted by molar-refractivity contribution is 7.89. The lowest BCUT2D eigenvalue weighted by Crippen LogP contribution is -2.26. The standard InChI is InChI=1S/C21H21ClN2O4S2/c22-17-3-5-19(6-4-17)30(27,28)24-11-9-16-13-18(12-15-2-1-10-23-14-15)29-20(16)7-8-21(25)26/h1-6,10,13-14,24H,7-9,11-12H2,(H,25,26). The number of hydrogen-bond acceptors (Lipinski definition) is 5. The molecule has 2 aromatic heterocycles. The van der Waals surface area contributed by atoms with Crippen molar-refractivity contribution in [3.8, 4) is 0 Å². The molecule has 0 spiro atoms. The summed E-state index contributed by atoms with van der Waals surface area (Å²) in [6.07, 6.45) is 5.16. The fraction of sp³-hybridized carbons (Fsp3) is 0.238. The van der Waals surface area contributed by atoms with Crippen LogP contribution in [0.5, 0.6) is 0 Å². The van der Waals surface area contributed by atoms with Crippen molar-refractivity contribution in [2.24, 2.45) is 0 Å². The van der Waals surface area contributed by atoms with Crippen molar-refractivity contribution in [2.45, 2.75) is 30.6 Å². The van der Waals surface area contributed by atoms with Crippen molar-refractivity contribution in [1.29, 1.82) is 0 Å². The first-order valence-corrected chi connectivity index (χ1v) is 12.0. The summed E-state index contributed by atoms with van der Waals surface area (Å²) in [5.41, 5.74) is 2.04. The van der Waals surface area contributed by atoms with Gasteiger partial charge in [0.25, 0.3) is 0 Å². The summed E-state index contributed by atoms with van der Waals surface area (Å²) in [5.74, 6) is -0.855. The highest BCUT2D eigenvalue weighted by Gasteiger charge is 2.15. The lowest BCUT2D eigenvalue weighted by molar-refractivity contribution is -0.136. The lowest BCUT2D eigenvalue weighted by Gasteiger charge is -2.07. The molecule has 0 radical (unpaired) electrons. The average Bonchev–Trinajstić information content (AvgIpc) is 3.08. The van der Waals surface area contributed by atoms with Crippen molar-refractivity contribution in [2.75, 3.05) is 6.54 Å². The van der Waals surface area contributed by atoms with Crippen LogP contribution in [0.1, 0.15) is 27.3 Å². The van der Waals surface area contributed by atoms with Crippen LogP contribution in [0.2, 0.25) is 5.02 Å². The number of aliphatic carboxylic acids is 1. The van der Waals surface area contributed by atoms with E-state index in [0.717, 1.165) is 20.9 Å². The Labute approximate surface area is 184 Å². The van der Waals surface area contributed by atoms with E-state index in [1.165, 1.54) is 24.3 Å². The molecule has 0 saturated heterocycles. The minimum atomic E-state index is -3.64. The molecule has 3 aromatic rings. The Hall–Kier alpha value is -2.26. The number of nitrogens with one attached hydrogen (secondary N) is 1. The maximum atomic E-state index is 12.4. The lowest BCUT2D eigenvalue weighted by atomic mass is 10.1. The summed E-state index contributed by atoms with van der Waals surface area (Å²) in [7, 11) is -3.64. The average molecular weight is 465 g/mol. The Bertz CT molecular complexity index is 1100. The zero-order valence-electron chi connectivity index (χ0n) is 16.0. The van der Waals surface area contributed by atoms with Crippen LogP contribution in [-0.4, -0.2) is 31.0 Å². The second-order valence-corrected chi connectivity index (χ2v) is 10.1. The third-order valence-electron chi connectivity index (χ3n) is 4.43. The highest BCUT2D eigenvalue weighted by atomic mass is 35.5. The summed E-state index contributed by atoms with van der Waals surface area (Å²) < 4.78 is 27.5. The Morgan fingerprint density at radius 3 is 2.60 bits per heavy atom. The van der Waals surface area contributed by atoms with Crippen LogP contribution in [0.25, 0.3) is 0 Å². The first-order chi connectivity index (χ1) is 14.3. The number of carboxylic acids is 1. The van der Waals surface area contributed by atoms with Crippen LogP contribution < -0.4 is 4.72 Å². The van der Waals surface area contributed by atoms with Gasteiger partial charge in [0, 0.05) is 40.1 Å². The fourth-order valence-electron chi connectivity index (χ4n) is 2.98. The van der Waals surface area contributed by atoms with Gasteiger partial charge in [-0.2, -0.15) is 0 Å². The van der Waals surface area contributed by atoms with Gasteiger partial charge >= 0.3 is 5.97 Å². The number of rotatable bonds is 10. The molecule has 2 N–H and O–H groups in total. The van der Waals surface area contributed by atoms with Crippen LogP contribution in [-0.2, 0) is 34.1 Å². The van der Waals surface area contributed by atoms with E-state index in [1.54, 1.807) is 23.7 Å². The van der Waals surface area contributed by atoms with E-state index in [2.05, 4.69) is 9.71 Å². The number of sulfonamides is 1. The molecular weight excluding hydrogens is 444 g/mol. The second kappa shape index (κ2) is 10.2. The number of hydrogen-bond donors (Lipinski definition) is 2. The van der Waals surface area contributed by atoms with Crippen molar-refractivity contribution < 1.29 is 18.3 Å². The van der Waals surface area contributed by atoms with E-state index in [4.69, 9.17) is 16.7 Å². The number of halogens is 1. The van der Waals surface area contributed by atoms with Gasteiger partial charge in [-0.05, 0) is 60.4 Å². The first-order valence-electron chi connectivity index (χ1n) is 9.30. The molecule has 0 bridgehead atoms. The normalized spacial score (nSPS) is 11.5. The number of benzene rings is 1. The molecule has 6 nitrogen and oxygen atoms in total. The summed E-state index contributed by atoms with van der Waals surface area (Å²) in [5, 5.41) is 9.50. The number of carbonyl (C=O) groups is 1. The van der Waals surface area contributed by atoms with Crippen molar-refractivity contribution in [1.82, 2.24) is 9.71 Å². The molecular formula is C21H21ClN2O4S2. The van der Waals surface area contributed by atoms with Gasteiger partial charge in [0.1, 0.15) is 0 Å². The van der Waals surface area contributed by atoms with Crippen molar-refractivity contribution in [3.63, 3.8) is 0 Å². The van der Waals surface area contributed by atoms with Crippen LogP contribution in [0.15, 0.2) is 59.8 Å². The Morgan fingerprint density at radius 1 is 1.17 bits per heavy atom. The molecule has 0 aliphatic rings. The highest BCUT2D eigenvalue weighted by Crippen LogP contribution is 2.27. The largest absolute Gasteiger partial charge is 0.481 e. The van der Waals surface area contributed by atoms with Crippen molar-refractivity contribution in [3.05, 3.63) is 80.8 Å². The maximum absolute atomic E-state index is 12.4. The monoisotopic (exact) mass is 464 g/mol. The minimum Gasteiger partial charge on any atom is -0.481 e. The van der Waals surface area contributed by atoms with Crippen LogP contribution in [0.4, 0.5) is 0 Å². The molecule has 2 heterocycles. The summed E-state index contributed by atoms with van der Waals surface area (Å²) in [4.78, 5) is 17.3. The van der Waals surface area contributed by atoms with E-state index >= 15 is 0 Å². The molecule has 0 amide bonds. The van der Waals surface area contributed by atoms with Gasteiger partial charge < -0.3 is 5.11 Å². The smallest absolute Gasteiger partial charge is 0.303 e. The van der Waals surface area contributed by atoms with Gasteiger partial charge in [-0.1, -0.05) is 17.7 Å². The van der Waals surface area contributed by atoms with Crippen LogP contribution >= 0.6 is 22.9 Å². The second-order valence-electron chi connectivity index (χ2n) is 6.69. The number of carboxylic acid groups (broad SMARTS) is 1. The van der Waals surface area contributed by atoms with Crippen molar-refractivity contribution >= 4 is 38.9 Å². The van der Waals surface area contributed by atoms with E-state index in [9.17, 15) is 13.2 Å². The molecule has 0 atom stereocenters. The molecule has 3 rings (SSSR count). The van der Waals surface area contributed by atoms with Gasteiger partial charge in [-0.3, -0.25) is 9.78 Å². The van der Waals surface area contributed by atoms with E-state index in [1.807, 2.05) is 18.2 Å². The number of aromatic nitrogens is 1. The summed E-state index contributed by atoms with van der Waals surface area (Å²) in [6, 6.07) is 11.9. The number of nitrogens with zero attached hydrogens (tertiary/aromatic N) is 1. The summed E-state index contributed by atoms with van der Waals surface area (Å²) >= 11 is 7.39. The predicted molar refractivity (Wildman–Crippen MR) is 118 cm³/mol. The molecule has 0 aliphatic heterocycles. The van der Waals surface area contributed by atoms with E-state index in [0.29, 0.717) is 24.3 Å². The topological polar surface area (TPSA) is 96.4 Å². The number of aryl methyl sites for hydroxylation is 1. The maximum Gasteiger partial charge on any atom is 0.303 e. The molecule has 158 valence electrons. The van der Waals surface area contributed by atoms with Crippen LogP contribution in [0.3, 0.4) is 0 Å². The molecule has 0 aliphatic carbocycles. The quantitative estimate of drug-likeness (QED) is 0.474. The zero-order valence-corrected chi connectivity index (χ0v) is 18.4. The number of pyridine rings is 1. The van der Waals surface area contributed by atoms with E-state index in [-0.39, 0.29) is 17.9 Å². The summed E-state index contributed by atoms with van der Waals surface area (Å²) in [6.45, 7) is 0.216. The Balaban J connectivity index is 1.69. The number of thiophene rings is 1. The third-order valence-corrected chi connectivity index (χ3v) is 7.39. The van der Waals surface area contributed by atoms with Crippen LogP contribution in [0, 0.1) is 0 Å². The Morgan fingerprint density at radius 2 is 1.93 bits per heavy atom. The van der Waals surface area contributed by atoms with E-state index < -0.39 is 16.0 Å². The molecule has 1 aromatic carbocycles. The first kappa shape index (κ1) is 22.4. The van der Waals surface area contributed by atoms with Gasteiger partial charge in [-0.15, -0.1) is 11.3 Å². The predicted octanol–water partition coefficient (Wildman–Crippen LogP) is 3.93. The molecule has 9 heteroatoms. The van der Waals surface area contributed by atoms with Gasteiger partial charge in [0.2, 0.25) is 10.0 Å². The third kappa shape index (κ3) is 6.37. The SMILES string of the molecule is O=C(O)CCc1sc(Cc2cccnc2)cc1CCNS(=O)(=O)c1ccc(Cl)cc1. The molecule has 30 heavy (non-hydrogen) atoms. The molecule has 0 unspecified atom stereocenters. The fourth-order valence-corrected chi connectivity index (χ4v) is 5.39. The minimum absolute atomic E-state index is 0.0380. The Kier molecular flexibility index (Phi) is 7.60. The van der Waals surface area contributed by atoms with Gasteiger partial charge in [0.15, 0.2) is 0 Å². The van der Waals surface area contributed by atoms with Gasteiger partial charge in [-0.25, -0.2) is 13.1 Å². The molecule has 0 saturated carbocycles.